The summed E-state index contributed by atoms with van der Waals surface area (Å²) in [5.41, 5.74) is 6.97. The van der Waals surface area contributed by atoms with Crippen molar-refractivity contribution in [3.8, 4) is 11.3 Å². The van der Waals surface area contributed by atoms with Gasteiger partial charge in [-0.1, -0.05) is 30.3 Å². The standard InChI is InChI=1S/C22H21N3OS/c1-14(15-6-3-2-4-7-15)23-22-24-19(13-27-22)17-10-16-8-5-9-25-20(26)12-18(11-17)21(16)25/h2-4,6-7,10-11,13-14H,5,8-9,12H2,1H3,(H,23,24). The van der Waals surface area contributed by atoms with Crippen molar-refractivity contribution < 1.29 is 4.79 Å². The molecule has 0 bridgehead atoms. The first kappa shape index (κ1) is 16.5. The van der Waals surface area contributed by atoms with Crippen LogP contribution in [0.15, 0.2) is 47.8 Å². The Balaban J connectivity index is 1.42. The van der Waals surface area contributed by atoms with Crippen molar-refractivity contribution in [3.05, 3.63) is 64.5 Å². The Labute approximate surface area is 162 Å². The van der Waals surface area contributed by atoms with Gasteiger partial charge in [0.15, 0.2) is 5.13 Å². The van der Waals surface area contributed by atoms with Crippen LogP contribution < -0.4 is 10.2 Å². The third-order valence-corrected chi connectivity index (χ3v) is 6.22. The van der Waals surface area contributed by atoms with Gasteiger partial charge in [-0.25, -0.2) is 4.98 Å². The van der Waals surface area contributed by atoms with E-state index in [2.05, 4.69) is 54.0 Å². The normalized spacial score (nSPS) is 16.3. The molecule has 0 saturated heterocycles. The van der Waals surface area contributed by atoms with Crippen molar-refractivity contribution in [2.75, 3.05) is 16.8 Å². The zero-order valence-corrected chi connectivity index (χ0v) is 16.1. The summed E-state index contributed by atoms with van der Waals surface area (Å²) in [5.74, 6) is 0.236. The molecular weight excluding hydrogens is 354 g/mol. The van der Waals surface area contributed by atoms with Crippen LogP contribution in [0.2, 0.25) is 0 Å². The summed E-state index contributed by atoms with van der Waals surface area (Å²) in [7, 11) is 0. The number of rotatable bonds is 4. The number of aromatic nitrogens is 1. The molecule has 0 radical (unpaired) electrons. The summed E-state index contributed by atoms with van der Waals surface area (Å²) in [6, 6.07) is 15.0. The van der Waals surface area contributed by atoms with Gasteiger partial charge < -0.3 is 10.2 Å². The van der Waals surface area contributed by atoms with Gasteiger partial charge >= 0.3 is 0 Å². The van der Waals surface area contributed by atoms with Gasteiger partial charge in [0.1, 0.15) is 0 Å². The molecule has 0 fully saturated rings. The van der Waals surface area contributed by atoms with Crippen molar-refractivity contribution in [3.63, 3.8) is 0 Å². The van der Waals surface area contributed by atoms with E-state index in [9.17, 15) is 4.79 Å². The van der Waals surface area contributed by atoms with Crippen LogP contribution in [0.3, 0.4) is 0 Å². The smallest absolute Gasteiger partial charge is 0.231 e. The number of amides is 1. The van der Waals surface area contributed by atoms with Crippen LogP contribution in [0.5, 0.6) is 0 Å². The fourth-order valence-corrected chi connectivity index (χ4v) is 4.92. The van der Waals surface area contributed by atoms with E-state index >= 15 is 0 Å². The van der Waals surface area contributed by atoms with E-state index in [-0.39, 0.29) is 11.9 Å². The van der Waals surface area contributed by atoms with Crippen LogP contribution in [-0.4, -0.2) is 17.4 Å². The van der Waals surface area contributed by atoms with Gasteiger partial charge in [0, 0.05) is 17.5 Å². The number of benzene rings is 2. The average Bonchev–Trinajstić information content (AvgIpc) is 3.28. The molecule has 4 nitrogen and oxygen atoms in total. The van der Waals surface area contributed by atoms with Crippen LogP contribution in [0, 0.1) is 0 Å². The lowest BCUT2D eigenvalue weighted by Crippen LogP contribution is -2.31. The molecule has 2 aliphatic heterocycles. The molecule has 2 aromatic carbocycles. The lowest BCUT2D eigenvalue weighted by molar-refractivity contribution is -0.117. The predicted octanol–water partition coefficient (Wildman–Crippen LogP) is 4.82. The molecule has 1 atom stereocenters. The highest BCUT2D eigenvalue weighted by molar-refractivity contribution is 7.14. The summed E-state index contributed by atoms with van der Waals surface area (Å²) in [6.07, 6.45) is 2.61. The first-order chi connectivity index (χ1) is 13.2. The number of hydrogen-bond donors (Lipinski definition) is 1. The summed E-state index contributed by atoms with van der Waals surface area (Å²) in [4.78, 5) is 19.0. The topological polar surface area (TPSA) is 45.2 Å². The molecule has 136 valence electrons. The highest BCUT2D eigenvalue weighted by Gasteiger charge is 2.32. The lowest BCUT2D eigenvalue weighted by atomic mass is 9.96. The maximum Gasteiger partial charge on any atom is 0.231 e. The van der Waals surface area contributed by atoms with E-state index in [1.54, 1.807) is 11.3 Å². The van der Waals surface area contributed by atoms with Gasteiger partial charge in [-0.2, -0.15) is 0 Å². The zero-order valence-electron chi connectivity index (χ0n) is 15.2. The zero-order chi connectivity index (χ0) is 18.4. The summed E-state index contributed by atoms with van der Waals surface area (Å²) < 4.78 is 0. The quantitative estimate of drug-likeness (QED) is 0.711. The lowest BCUT2D eigenvalue weighted by Gasteiger charge is -2.25. The average molecular weight is 375 g/mol. The molecule has 5 heteroatoms. The summed E-state index contributed by atoms with van der Waals surface area (Å²) >= 11 is 1.63. The number of carbonyl (C=O) groups is 1. The Morgan fingerprint density at radius 2 is 2.00 bits per heavy atom. The Bertz CT molecular complexity index is 1010. The number of aryl methyl sites for hydroxylation is 1. The van der Waals surface area contributed by atoms with E-state index in [0.717, 1.165) is 41.3 Å². The Morgan fingerprint density at radius 3 is 2.85 bits per heavy atom. The third kappa shape index (κ3) is 2.92. The molecule has 0 spiro atoms. The molecule has 5 rings (SSSR count). The number of carbonyl (C=O) groups excluding carboxylic acids is 1. The van der Waals surface area contributed by atoms with Crippen LogP contribution in [0.25, 0.3) is 11.3 Å². The molecule has 3 heterocycles. The van der Waals surface area contributed by atoms with Gasteiger partial charge in [-0.05, 0) is 48.6 Å². The van der Waals surface area contributed by atoms with Gasteiger partial charge in [0.05, 0.1) is 23.8 Å². The summed E-state index contributed by atoms with van der Waals surface area (Å²) in [5, 5.41) is 6.53. The Morgan fingerprint density at radius 1 is 1.19 bits per heavy atom. The summed E-state index contributed by atoms with van der Waals surface area (Å²) in [6.45, 7) is 3.01. The highest BCUT2D eigenvalue weighted by Crippen LogP contribution is 2.40. The minimum absolute atomic E-state index is 0.206. The molecular formula is C22H21N3OS. The van der Waals surface area contributed by atoms with Crippen LogP contribution >= 0.6 is 11.3 Å². The monoisotopic (exact) mass is 375 g/mol. The number of hydrogen-bond acceptors (Lipinski definition) is 4. The second-order valence-corrected chi connectivity index (χ2v) is 8.14. The molecule has 1 aromatic heterocycles. The molecule has 27 heavy (non-hydrogen) atoms. The van der Waals surface area contributed by atoms with Crippen LogP contribution in [0.1, 0.15) is 36.1 Å². The van der Waals surface area contributed by atoms with Crippen molar-refractivity contribution in [2.24, 2.45) is 0 Å². The minimum Gasteiger partial charge on any atom is -0.355 e. The molecule has 1 amide bonds. The molecule has 2 aliphatic rings. The van der Waals surface area contributed by atoms with E-state index < -0.39 is 0 Å². The number of nitrogens with one attached hydrogen (secondary N) is 1. The van der Waals surface area contributed by atoms with E-state index in [0.29, 0.717) is 6.42 Å². The Kier molecular flexibility index (Phi) is 3.97. The van der Waals surface area contributed by atoms with E-state index in [1.807, 2.05) is 11.0 Å². The van der Waals surface area contributed by atoms with E-state index in [4.69, 9.17) is 4.98 Å². The largest absolute Gasteiger partial charge is 0.355 e. The maximum atomic E-state index is 12.3. The fraction of sp³-hybridized carbons (Fsp3) is 0.273. The number of anilines is 2. The minimum atomic E-state index is 0.206. The Hall–Kier alpha value is -2.66. The van der Waals surface area contributed by atoms with Crippen LogP contribution in [-0.2, 0) is 17.6 Å². The molecule has 0 saturated carbocycles. The first-order valence-electron chi connectivity index (χ1n) is 9.42. The highest BCUT2D eigenvalue weighted by atomic mass is 32.1. The molecule has 0 aliphatic carbocycles. The SMILES string of the molecule is CC(Nc1nc(-c2cc3c4c(c2)CC(=O)N4CCC3)cs1)c1ccccc1. The van der Waals surface area contributed by atoms with Crippen LogP contribution in [0.4, 0.5) is 10.8 Å². The number of thiazole rings is 1. The maximum absolute atomic E-state index is 12.3. The van der Waals surface area contributed by atoms with Crippen molar-refractivity contribution >= 4 is 28.1 Å². The van der Waals surface area contributed by atoms with Crippen molar-refractivity contribution in [2.45, 2.75) is 32.2 Å². The third-order valence-electron chi connectivity index (χ3n) is 5.45. The van der Waals surface area contributed by atoms with Crippen molar-refractivity contribution in [1.82, 2.24) is 4.98 Å². The van der Waals surface area contributed by atoms with Gasteiger partial charge in [0.25, 0.3) is 0 Å². The molecule has 1 unspecified atom stereocenters. The second-order valence-electron chi connectivity index (χ2n) is 7.28. The van der Waals surface area contributed by atoms with Crippen molar-refractivity contribution in [1.29, 1.82) is 0 Å². The van der Waals surface area contributed by atoms with E-state index in [1.165, 1.54) is 16.8 Å². The molecule has 1 N–H and O–H groups in total. The second kappa shape index (κ2) is 6.50. The first-order valence-corrected chi connectivity index (χ1v) is 10.3. The molecule has 3 aromatic rings. The van der Waals surface area contributed by atoms with Gasteiger partial charge in [-0.3, -0.25) is 4.79 Å². The predicted molar refractivity (Wildman–Crippen MR) is 110 cm³/mol. The fourth-order valence-electron chi connectivity index (χ4n) is 4.11. The van der Waals surface area contributed by atoms with Gasteiger partial charge in [0.2, 0.25) is 5.91 Å². The van der Waals surface area contributed by atoms with Gasteiger partial charge in [-0.15, -0.1) is 11.3 Å². The number of nitrogens with zero attached hydrogens (tertiary/aromatic N) is 2.